The molecule has 0 radical (unpaired) electrons. The van der Waals surface area contributed by atoms with Gasteiger partial charge >= 0.3 is 0 Å². The standard InChI is InChI=1S/C15H13N3OS.C2H6/c19-14-12-10-3-1-2-4-11(10)20-15(12)18-13(17-14)9-5-7-16-8-6-9;1-2/h5-8H,1-4H2,(H,17,18,19);1-2H3. The van der Waals surface area contributed by atoms with Crippen LogP contribution in [-0.4, -0.2) is 15.0 Å². The average Bonchev–Trinajstić information content (AvgIpc) is 2.96. The van der Waals surface area contributed by atoms with Crippen molar-refractivity contribution >= 4 is 21.6 Å². The van der Waals surface area contributed by atoms with Crippen LogP contribution in [0.15, 0.2) is 29.3 Å². The van der Waals surface area contributed by atoms with Gasteiger partial charge in [-0.3, -0.25) is 9.78 Å². The normalized spacial score (nSPS) is 13.4. The molecule has 0 atom stereocenters. The predicted molar refractivity (Wildman–Crippen MR) is 91.5 cm³/mol. The van der Waals surface area contributed by atoms with Crippen LogP contribution in [0.4, 0.5) is 0 Å². The Bertz CT molecular complexity index is 836. The molecule has 3 heterocycles. The summed E-state index contributed by atoms with van der Waals surface area (Å²) < 4.78 is 0. The van der Waals surface area contributed by atoms with Gasteiger partial charge in [-0.1, -0.05) is 13.8 Å². The Labute approximate surface area is 133 Å². The van der Waals surface area contributed by atoms with E-state index in [1.165, 1.54) is 23.3 Å². The van der Waals surface area contributed by atoms with Crippen LogP contribution in [0, 0.1) is 0 Å². The highest BCUT2D eigenvalue weighted by atomic mass is 32.1. The van der Waals surface area contributed by atoms with Crippen molar-refractivity contribution < 1.29 is 0 Å². The number of rotatable bonds is 1. The van der Waals surface area contributed by atoms with E-state index in [1.54, 1.807) is 23.7 Å². The quantitative estimate of drug-likeness (QED) is 0.740. The topological polar surface area (TPSA) is 58.6 Å². The highest BCUT2D eigenvalue weighted by molar-refractivity contribution is 7.18. The molecule has 1 N–H and O–H groups in total. The molecular formula is C17H19N3OS. The largest absolute Gasteiger partial charge is 0.306 e. The summed E-state index contributed by atoms with van der Waals surface area (Å²) in [6.45, 7) is 4.00. The van der Waals surface area contributed by atoms with Crippen molar-refractivity contribution in [2.45, 2.75) is 39.5 Å². The van der Waals surface area contributed by atoms with E-state index in [4.69, 9.17) is 0 Å². The van der Waals surface area contributed by atoms with Gasteiger partial charge in [-0.25, -0.2) is 4.98 Å². The lowest BCUT2D eigenvalue weighted by atomic mass is 9.97. The zero-order chi connectivity index (χ0) is 15.5. The molecule has 4 nitrogen and oxygen atoms in total. The third-order valence-electron chi connectivity index (χ3n) is 3.78. The van der Waals surface area contributed by atoms with Gasteiger partial charge in [0.2, 0.25) is 0 Å². The summed E-state index contributed by atoms with van der Waals surface area (Å²) in [7, 11) is 0. The number of thiophene rings is 1. The lowest BCUT2D eigenvalue weighted by molar-refractivity contribution is 0.700. The monoisotopic (exact) mass is 313 g/mol. The Morgan fingerprint density at radius 1 is 1.14 bits per heavy atom. The maximum atomic E-state index is 12.4. The molecule has 3 aromatic heterocycles. The summed E-state index contributed by atoms with van der Waals surface area (Å²) in [6, 6.07) is 3.72. The van der Waals surface area contributed by atoms with Crippen LogP contribution in [0.2, 0.25) is 0 Å². The molecule has 0 aliphatic heterocycles. The molecule has 114 valence electrons. The van der Waals surface area contributed by atoms with Gasteiger partial charge in [0.15, 0.2) is 0 Å². The molecule has 0 amide bonds. The molecule has 1 aliphatic carbocycles. The van der Waals surface area contributed by atoms with Gasteiger partial charge in [-0.2, -0.15) is 0 Å². The fraction of sp³-hybridized carbons (Fsp3) is 0.353. The molecule has 0 saturated heterocycles. The Balaban J connectivity index is 0.000000693. The molecular weight excluding hydrogens is 294 g/mol. The number of H-pyrrole nitrogens is 1. The average molecular weight is 313 g/mol. The Morgan fingerprint density at radius 2 is 1.86 bits per heavy atom. The van der Waals surface area contributed by atoms with Crippen molar-refractivity contribution in [2.75, 3.05) is 0 Å². The smallest absolute Gasteiger partial charge is 0.260 e. The van der Waals surface area contributed by atoms with E-state index in [1.807, 2.05) is 26.0 Å². The maximum absolute atomic E-state index is 12.4. The fourth-order valence-corrected chi connectivity index (χ4v) is 4.07. The first kappa shape index (κ1) is 14.9. The summed E-state index contributed by atoms with van der Waals surface area (Å²) in [6.07, 6.45) is 7.90. The highest BCUT2D eigenvalue weighted by Crippen LogP contribution is 2.34. The van der Waals surface area contributed by atoms with E-state index in [9.17, 15) is 4.79 Å². The van der Waals surface area contributed by atoms with Crippen LogP contribution in [0.25, 0.3) is 21.6 Å². The Hall–Kier alpha value is -2.01. The lowest BCUT2D eigenvalue weighted by Gasteiger charge is -2.09. The molecule has 22 heavy (non-hydrogen) atoms. The first-order chi connectivity index (χ1) is 10.8. The third kappa shape index (κ3) is 2.57. The van der Waals surface area contributed by atoms with Crippen molar-refractivity contribution in [3.05, 3.63) is 45.3 Å². The summed E-state index contributed by atoms with van der Waals surface area (Å²) in [5, 5.41) is 0.808. The molecule has 0 unspecified atom stereocenters. The second-order valence-electron chi connectivity index (χ2n) is 5.04. The Kier molecular flexibility index (Phi) is 4.34. The fourth-order valence-electron chi connectivity index (χ4n) is 2.81. The van der Waals surface area contributed by atoms with Gasteiger partial charge in [0, 0.05) is 22.8 Å². The van der Waals surface area contributed by atoms with Crippen molar-refractivity contribution in [3.8, 4) is 11.4 Å². The molecule has 0 bridgehead atoms. The van der Waals surface area contributed by atoms with Crippen LogP contribution in [0.1, 0.15) is 37.1 Å². The zero-order valence-corrected chi connectivity index (χ0v) is 13.7. The first-order valence-electron chi connectivity index (χ1n) is 7.78. The van der Waals surface area contributed by atoms with E-state index in [2.05, 4.69) is 15.0 Å². The second kappa shape index (κ2) is 6.40. The minimum absolute atomic E-state index is 0.0128. The lowest BCUT2D eigenvalue weighted by Crippen LogP contribution is -2.11. The number of aryl methyl sites for hydroxylation is 2. The summed E-state index contributed by atoms with van der Waals surface area (Å²) in [4.78, 5) is 26.2. The number of nitrogens with one attached hydrogen (secondary N) is 1. The second-order valence-corrected chi connectivity index (χ2v) is 6.13. The summed E-state index contributed by atoms with van der Waals surface area (Å²) >= 11 is 1.68. The molecule has 1 aliphatic rings. The minimum atomic E-state index is -0.0128. The molecule has 3 aromatic rings. The van der Waals surface area contributed by atoms with E-state index in [0.29, 0.717) is 5.82 Å². The predicted octanol–water partition coefficient (Wildman–Crippen LogP) is 3.95. The van der Waals surface area contributed by atoms with Crippen molar-refractivity contribution in [2.24, 2.45) is 0 Å². The number of pyridine rings is 1. The van der Waals surface area contributed by atoms with Gasteiger partial charge < -0.3 is 4.98 Å². The van der Waals surface area contributed by atoms with Gasteiger partial charge in [-0.15, -0.1) is 11.3 Å². The van der Waals surface area contributed by atoms with E-state index < -0.39 is 0 Å². The van der Waals surface area contributed by atoms with Gasteiger partial charge in [0.1, 0.15) is 10.7 Å². The maximum Gasteiger partial charge on any atom is 0.260 e. The minimum Gasteiger partial charge on any atom is -0.306 e. The van der Waals surface area contributed by atoms with Crippen molar-refractivity contribution in [1.82, 2.24) is 15.0 Å². The molecule has 5 heteroatoms. The first-order valence-corrected chi connectivity index (χ1v) is 8.59. The molecule has 0 spiro atoms. The number of hydrogen-bond acceptors (Lipinski definition) is 4. The van der Waals surface area contributed by atoms with Crippen LogP contribution in [0.3, 0.4) is 0 Å². The van der Waals surface area contributed by atoms with Gasteiger partial charge in [-0.05, 0) is 43.4 Å². The van der Waals surface area contributed by atoms with Crippen LogP contribution >= 0.6 is 11.3 Å². The zero-order valence-electron chi connectivity index (χ0n) is 12.8. The van der Waals surface area contributed by atoms with Crippen LogP contribution in [0.5, 0.6) is 0 Å². The number of aromatic nitrogens is 3. The number of hydrogen-bond donors (Lipinski definition) is 1. The highest BCUT2D eigenvalue weighted by Gasteiger charge is 2.19. The molecule has 0 saturated carbocycles. The van der Waals surface area contributed by atoms with Crippen LogP contribution < -0.4 is 5.56 Å². The van der Waals surface area contributed by atoms with Crippen molar-refractivity contribution in [3.63, 3.8) is 0 Å². The van der Waals surface area contributed by atoms with E-state index in [-0.39, 0.29) is 5.56 Å². The number of nitrogens with zero attached hydrogens (tertiary/aromatic N) is 2. The molecule has 0 fully saturated rings. The van der Waals surface area contributed by atoms with E-state index in [0.717, 1.165) is 28.6 Å². The van der Waals surface area contributed by atoms with Gasteiger partial charge in [0.25, 0.3) is 5.56 Å². The molecule has 4 rings (SSSR count). The third-order valence-corrected chi connectivity index (χ3v) is 4.96. The summed E-state index contributed by atoms with van der Waals surface area (Å²) in [5.74, 6) is 0.628. The molecule has 0 aromatic carbocycles. The number of fused-ring (bicyclic) bond motifs is 3. The van der Waals surface area contributed by atoms with Crippen LogP contribution in [-0.2, 0) is 12.8 Å². The summed E-state index contributed by atoms with van der Waals surface area (Å²) in [5.41, 5.74) is 2.11. The van der Waals surface area contributed by atoms with E-state index >= 15 is 0 Å². The number of aromatic amines is 1. The van der Waals surface area contributed by atoms with Gasteiger partial charge in [0.05, 0.1) is 5.39 Å². The SMILES string of the molecule is CC.O=c1[nH]c(-c2ccncc2)nc2sc3c(c12)CCCC3. The Morgan fingerprint density at radius 3 is 2.64 bits per heavy atom. The van der Waals surface area contributed by atoms with Crippen molar-refractivity contribution in [1.29, 1.82) is 0 Å².